The van der Waals surface area contributed by atoms with Gasteiger partial charge in [0, 0.05) is 35.3 Å². The molecule has 1 unspecified atom stereocenters. The molecule has 2 aromatic heterocycles. The van der Waals surface area contributed by atoms with Crippen LogP contribution in [0.2, 0.25) is 0 Å². The molecule has 0 fully saturated rings. The number of imidazole rings is 1. The van der Waals surface area contributed by atoms with Crippen LogP contribution in [0.3, 0.4) is 0 Å². The highest BCUT2D eigenvalue weighted by Gasteiger charge is 2.26. The Morgan fingerprint density at radius 1 is 1.27 bits per heavy atom. The predicted octanol–water partition coefficient (Wildman–Crippen LogP) is 2.70. The predicted molar refractivity (Wildman–Crippen MR) is 84.5 cm³/mol. The van der Waals surface area contributed by atoms with Gasteiger partial charge in [0.1, 0.15) is 0 Å². The number of nitrogens with one attached hydrogen (secondary N) is 2. The second-order valence-corrected chi connectivity index (χ2v) is 5.67. The van der Waals surface area contributed by atoms with E-state index in [1.807, 2.05) is 30.3 Å². The zero-order valence-electron chi connectivity index (χ0n) is 12.0. The average molecular weight is 292 g/mol. The molecule has 0 bridgehead atoms. The fraction of sp³-hybridized carbons (Fsp3) is 0.235. The van der Waals surface area contributed by atoms with Crippen LogP contribution in [-0.4, -0.2) is 20.9 Å². The maximum atomic E-state index is 12.5. The van der Waals surface area contributed by atoms with Gasteiger partial charge < -0.3 is 10.3 Å². The van der Waals surface area contributed by atoms with E-state index in [0.717, 1.165) is 47.2 Å². The molecule has 2 heterocycles. The Morgan fingerprint density at radius 3 is 3.18 bits per heavy atom. The van der Waals surface area contributed by atoms with Crippen LogP contribution in [0, 0.1) is 5.92 Å². The maximum Gasteiger partial charge on any atom is 0.227 e. The largest absolute Gasteiger partial charge is 0.348 e. The van der Waals surface area contributed by atoms with E-state index in [-0.39, 0.29) is 11.8 Å². The number of rotatable bonds is 2. The van der Waals surface area contributed by atoms with Gasteiger partial charge in [0.25, 0.3) is 0 Å². The van der Waals surface area contributed by atoms with E-state index in [4.69, 9.17) is 0 Å². The van der Waals surface area contributed by atoms with Crippen molar-refractivity contribution in [2.24, 2.45) is 5.92 Å². The van der Waals surface area contributed by atoms with E-state index in [0.29, 0.717) is 0 Å². The summed E-state index contributed by atoms with van der Waals surface area (Å²) in [6, 6.07) is 9.69. The lowest BCUT2D eigenvalue weighted by molar-refractivity contribution is -0.120. The summed E-state index contributed by atoms with van der Waals surface area (Å²) in [5, 5.41) is 4.05. The van der Waals surface area contributed by atoms with E-state index in [9.17, 15) is 4.79 Å². The van der Waals surface area contributed by atoms with Gasteiger partial charge in [-0.1, -0.05) is 6.07 Å². The molecule has 0 spiro atoms. The molecule has 1 aliphatic rings. The van der Waals surface area contributed by atoms with Gasteiger partial charge in [-0.15, -0.1) is 0 Å². The molecule has 5 heteroatoms. The van der Waals surface area contributed by atoms with Crippen molar-refractivity contribution in [3.63, 3.8) is 0 Å². The van der Waals surface area contributed by atoms with Gasteiger partial charge in [-0.3, -0.25) is 9.78 Å². The summed E-state index contributed by atoms with van der Waals surface area (Å²) in [6.07, 6.45) is 5.92. The third-order valence-corrected chi connectivity index (χ3v) is 4.23. The van der Waals surface area contributed by atoms with E-state index in [1.54, 1.807) is 12.5 Å². The molecule has 1 atom stereocenters. The van der Waals surface area contributed by atoms with Crippen LogP contribution in [0.5, 0.6) is 0 Å². The number of aromatic amines is 1. The SMILES string of the molecule is O=C(Nc1ccc2ncccc2c1)C1CCc2nc[nH]c2C1. The van der Waals surface area contributed by atoms with E-state index >= 15 is 0 Å². The summed E-state index contributed by atoms with van der Waals surface area (Å²) in [7, 11) is 0. The summed E-state index contributed by atoms with van der Waals surface area (Å²) < 4.78 is 0. The number of aromatic nitrogens is 3. The summed E-state index contributed by atoms with van der Waals surface area (Å²) in [5.41, 5.74) is 3.94. The lowest BCUT2D eigenvalue weighted by Crippen LogP contribution is -2.28. The first-order valence-electron chi connectivity index (χ1n) is 7.46. The van der Waals surface area contributed by atoms with Gasteiger partial charge in [0.05, 0.1) is 17.5 Å². The first-order valence-corrected chi connectivity index (χ1v) is 7.46. The molecular weight excluding hydrogens is 276 g/mol. The maximum absolute atomic E-state index is 12.5. The number of anilines is 1. The molecule has 0 saturated carbocycles. The third kappa shape index (κ3) is 2.35. The van der Waals surface area contributed by atoms with Crippen LogP contribution < -0.4 is 5.32 Å². The lowest BCUT2D eigenvalue weighted by Gasteiger charge is -2.20. The fourth-order valence-electron chi connectivity index (χ4n) is 3.02. The van der Waals surface area contributed by atoms with Crippen molar-refractivity contribution in [2.45, 2.75) is 19.3 Å². The highest BCUT2D eigenvalue weighted by molar-refractivity contribution is 5.95. The third-order valence-electron chi connectivity index (χ3n) is 4.23. The van der Waals surface area contributed by atoms with Crippen molar-refractivity contribution in [1.29, 1.82) is 0 Å². The van der Waals surface area contributed by atoms with Crippen LogP contribution in [0.4, 0.5) is 5.69 Å². The zero-order valence-corrected chi connectivity index (χ0v) is 12.0. The number of pyridine rings is 1. The second-order valence-electron chi connectivity index (χ2n) is 5.67. The highest BCUT2D eigenvalue weighted by atomic mass is 16.1. The molecule has 0 aliphatic heterocycles. The van der Waals surface area contributed by atoms with Crippen LogP contribution in [0.25, 0.3) is 10.9 Å². The number of amides is 1. The summed E-state index contributed by atoms with van der Waals surface area (Å²) >= 11 is 0. The Balaban J connectivity index is 1.51. The molecule has 22 heavy (non-hydrogen) atoms. The normalized spacial score (nSPS) is 17.2. The Kier molecular flexibility index (Phi) is 3.11. The average Bonchev–Trinajstić information content (AvgIpc) is 3.02. The van der Waals surface area contributed by atoms with Gasteiger partial charge in [-0.05, 0) is 37.1 Å². The van der Waals surface area contributed by atoms with Crippen LogP contribution in [0.1, 0.15) is 17.8 Å². The van der Waals surface area contributed by atoms with E-state index in [2.05, 4.69) is 20.3 Å². The molecule has 2 N–H and O–H groups in total. The van der Waals surface area contributed by atoms with Gasteiger partial charge in [0.15, 0.2) is 0 Å². The minimum Gasteiger partial charge on any atom is -0.348 e. The number of carbonyl (C=O) groups is 1. The van der Waals surface area contributed by atoms with Gasteiger partial charge in [-0.2, -0.15) is 0 Å². The van der Waals surface area contributed by atoms with Crippen molar-refractivity contribution >= 4 is 22.5 Å². The van der Waals surface area contributed by atoms with Crippen molar-refractivity contribution < 1.29 is 4.79 Å². The topological polar surface area (TPSA) is 70.7 Å². The van der Waals surface area contributed by atoms with Crippen molar-refractivity contribution in [3.05, 3.63) is 54.2 Å². The Hall–Kier alpha value is -2.69. The number of carbonyl (C=O) groups excluding carboxylic acids is 1. The number of hydrogen-bond acceptors (Lipinski definition) is 3. The summed E-state index contributed by atoms with van der Waals surface area (Å²) in [6.45, 7) is 0. The quantitative estimate of drug-likeness (QED) is 0.763. The Morgan fingerprint density at radius 2 is 2.23 bits per heavy atom. The highest BCUT2D eigenvalue weighted by Crippen LogP contribution is 2.25. The number of benzene rings is 1. The van der Waals surface area contributed by atoms with Gasteiger partial charge in [0.2, 0.25) is 5.91 Å². The van der Waals surface area contributed by atoms with Crippen LogP contribution >= 0.6 is 0 Å². The minimum absolute atomic E-state index is 0.00227. The molecular formula is C17H16N4O. The lowest BCUT2D eigenvalue weighted by atomic mass is 9.89. The first-order chi connectivity index (χ1) is 10.8. The van der Waals surface area contributed by atoms with Crippen molar-refractivity contribution in [3.8, 4) is 0 Å². The molecule has 5 nitrogen and oxygen atoms in total. The molecule has 110 valence electrons. The van der Waals surface area contributed by atoms with Crippen LogP contribution in [-0.2, 0) is 17.6 Å². The Bertz CT molecular complexity index is 839. The van der Waals surface area contributed by atoms with E-state index in [1.165, 1.54) is 0 Å². The number of hydrogen-bond donors (Lipinski definition) is 2. The molecule has 3 aromatic rings. The first kappa shape index (κ1) is 13.0. The van der Waals surface area contributed by atoms with Crippen LogP contribution in [0.15, 0.2) is 42.9 Å². The van der Waals surface area contributed by atoms with Crippen molar-refractivity contribution in [1.82, 2.24) is 15.0 Å². The molecule has 1 aromatic carbocycles. The molecule has 0 saturated heterocycles. The number of aryl methyl sites for hydroxylation is 1. The molecule has 1 aliphatic carbocycles. The van der Waals surface area contributed by atoms with Gasteiger partial charge in [-0.25, -0.2) is 4.98 Å². The zero-order chi connectivity index (χ0) is 14.9. The molecule has 4 rings (SSSR count). The second kappa shape index (κ2) is 5.26. The fourth-order valence-corrected chi connectivity index (χ4v) is 3.02. The monoisotopic (exact) mass is 292 g/mol. The minimum atomic E-state index is -0.00227. The Labute approximate surface area is 127 Å². The number of H-pyrrole nitrogens is 1. The van der Waals surface area contributed by atoms with Gasteiger partial charge >= 0.3 is 0 Å². The smallest absolute Gasteiger partial charge is 0.227 e. The standard InChI is InChI=1S/C17H16N4O/c22-17(12-3-5-15-16(9-12)20-10-19-15)21-13-4-6-14-11(8-13)2-1-7-18-14/h1-2,4,6-8,10,12H,3,5,9H2,(H,19,20)(H,21,22). The van der Waals surface area contributed by atoms with Crippen molar-refractivity contribution in [2.75, 3.05) is 5.32 Å². The summed E-state index contributed by atoms with van der Waals surface area (Å²) in [4.78, 5) is 24.2. The molecule has 1 amide bonds. The van der Waals surface area contributed by atoms with E-state index < -0.39 is 0 Å². The number of fused-ring (bicyclic) bond motifs is 2. The number of nitrogens with zero attached hydrogens (tertiary/aromatic N) is 2. The summed E-state index contributed by atoms with van der Waals surface area (Å²) in [5.74, 6) is 0.0704. The molecule has 0 radical (unpaired) electrons.